The monoisotopic (exact) mass is 1020 g/mol. The highest BCUT2D eigenvalue weighted by Gasteiger charge is 2.21. The third-order valence-corrected chi connectivity index (χ3v) is 12.1. The zero-order chi connectivity index (χ0) is 52.7. The fourth-order valence-corrected chi connectivity index (χ4v) is 7.65. The molecule has 0 N–H and O–H groups in total. The summed E-state index contributed by atoms with van der Waals surface area (Å²) in [6.07, 6.45) is 74.8. The van der Waals surface area contributed by atoms with Crippen LogP contribution < -0.4 is 4.89 Å². The lowest BCUT2D eigenvalue weighted by Crippen LogP contribution is -2.37. The van der Waals surface area contributed by atoms with Gasteiger partial charge in [-0.15, -0.1) is 0 Å². The number of hydrogen-bond acceptors (Lipinski definition) is 8. The summed E-state index contributed by atoms with van der Waals surface area (Å²) in [5.74, 6) is -0.875. The van der Waals surface area contributed by atoms with Crippen molar-refractivity contribution in [1.29, 1.82) is 0 Å². The molecule has 0 aliphatic rings. The van der Waals surface area contributed by atoms with E-state index in [2.05, 4.69) is 148 Å². The van der Waals surface area contributed by atoms with E-state index in [1.165, 1.54) is 19.3 Å². The molecule has 10 heteroatoms. The van der Waals surface area contributed by atoms with Crippen LogP contribution in [0.15, 0.2) is 134 Å². The van der Waals surface area contributed by atoms with Crippen LogP contribution in [0.25, 0.3) is 0 Å². The zero-order valence-corrected chi connectivity index (χ0v) is 47.0. The van der Waals surface area contributed by atoms with E-state index in [0.717, 1.165) is 135 Å². The molecule has 0 amide bonds. The number of carbonyl (C=O) groups excluding carboxylic acids is 2. The van der Waals surface area contributed by atoms with E-state index < -0.39 is 32.5 Å². The van der Waals surface area contributed by atoms with E-state index >= 15 is 0 Å². The van der Waals surface area contributed by atoms with Gasteiger partial charge in [-0.05, 0) is 109 Å². The number of allylic oxidation sites excluding steroid dienone is 22. The van der Waals surface area contributed by atoms with Crippen LogP contribution in [0.2, 0.25) is 0 Å². The molecular weight excluding hydrogens is 918 g/mol. The van der Waals surface area contributed by atoms with Crippen LogP contribution in [0.5, 0.6) is 0 Å². The normalized spacial score (nSPS) is 14.4. The highest BCUT2D eigenvalue weighted by atomic mass is 31.2. The van der Waals surface area contributed by atoms with Crippen LogP contribution in [0.3, 0.4) is 0 Å². The Bertz CT molecular complexity index is 1670. The summed E-state index contributed by atoms with van der Waals surface area (Å²) in [4.78, 5) is 37.9. The van der Waals surface area contributed by atoms with Crippen LogP contribution in [0, 0.1) is 0 Å². The minimum Gasteiger partial charge on any atom is -0.756 e. The molecule has 72 heavy (non-hydrogen) atoms. The summed E-state index contributed by atoms with van der Waals surface area (Å²) in [7, 11) is 1.12. The van der Waals surface area contributed by atoms with Crippen LogP contribution in [0.1, 0.15) is 194 Å². The molecule has 0 bridgehead atoms. The third kappa shape index (κ3) is 55.5. The Balaban J connectivity index is 4.31. The van der Waals surface area contributed by atoms with E-state index in [1.54, 1.807) is 0 Å². The SMILES string of the molecule is CC/C=C\C/C=C\C/C=C\C/C=C\C/C=C\C/C=C\CCCCCCCCC(=O)OC(COC(=O)CCCCCCCCC/C=C\C/C=C\C/C=C\C/C=C\C/C=C\CC)COP(=O)([O-])OCC[N+](C)(C)C. The first-order valence-corrected chi connectivity index (χ1v) is 29.4. The molecule has 9 nitrogen and oxygen atoms in total. The van der Waals surface area contributed by atoms with Gasteiger partial charge in [-0.2, -0.15) is 0 Å². The second-order valence-electron chi connectivity index (χ2n) is 19.2. The van der Waals surface area contributed by atoms with Crippen molar-refractivity contribution < 1.29 is 42.1 Å². The Morgan fingerprint density at radius 2 is 0.750 bits per heavy atom. The molecule has 0 aromatic carbocycles. The van der Waals surface area contributed by atoms with Gasteiger partial charge in [-0.25, -0.2) is 0 Å². The average Bonchev–Trinajstić information content (AvgIpc) is 3.34. The molecule has 2 unspecified atom stereocenters. The van der Waals surface area contributed by atoms with E-state index in [9.17, 15) is 19.0 Å². The molecular formula is C62H102NO8P. The van der Waals surface area contributed by atoms with Crippen molar-refractivity contribution in [2.75, 3.05) is 47.5 Å². The van der Waals surface area contributed by atoms with Gasteiger partial charge in [0, 0.05) is 12.8 Å². The van der Waals surface area contributed by atoms with Crippen molar-refractivity contribution in [2.24, 2.45) is 0 Å². The number of carbonyl (C=O) groups is 2. The van der Waals surface area contributed by atoms with Gasteiger partial charge in [0.25, 0.3) is 7.82 Å². The van der Waals surface area contributed by atoms with Gasteiger partial charge >= 0.3 is 11.9 Å². The van der Waals surface area contributed by atoms with Crippen LogP contribution >= 0.6 is 7.82 Å². The second-order valence-corrected chi connectivity index (χ2v) is 20.6. The summed E-state index contributed by atoms with van der Waals surface area (Å²) in [6, 6.07) is 0. The Hall–Kier alpha value is -3.85. The van der Waals surface area contributed by atoms with Gasteiger partial charge in [0.1, 0.15) is 19.8 Å². The maximum Gasteiger partial charge on any atom is 0.306 e. The van der Waals surface area contributed by atoms with E-state index in [0.29, 0.717) is 23.9 Å². The number of rotatable bonds is 49. The highest BCUT2D eigenvalue weighted by Crippen LogP contribution is 2.38. The fourth-order valence-electron chi connectivity index (χ4n) is 6.92. The number of ether oxygens (including phenoxy) is 2. The average molecular weight is 1020 g/mol. The Morgan fingerprint density at radius 3 is 1.11 bits per heavy atom. The van der Waals surface area contributed by atoms with Crippen LogP contribution in [-0.2, 0) is 32.7 Å². The van der Waals surface area contributed by atoms with Gasteiger partial charge in [0.05, 0.1) is 27.7 Å². The smallest absolute Gasteiger partial charge is 0.306 e. The number of quaternary nitrogens is 1. The first kappa shape index (κ1) is 68.2. The van der Waals surface area contributed by atoms with Crippen molar-refractivity contribution in [2.45, 2.75) is 200 Å². The topological polar surface area (TPSA) is 111 Å². The van der Waals surface area contributed by atoms with Crippen molar-refractivity contribution in [3.63, 3.8) is 0 Å². The van der Waals surface area contributed by atoms with Crippen LogP contribution in [0.4, 0.5) is 0 Å². The maximum absolute atomic E-state index is 12.8. The van der Waals surface area contributed by atoms with Crippen molar-refractivity contribution in [3.05, 3.63) is 134 Å². The standard InChI is InChI=1S/C62H102NO8P/c1-6-8-10-12-14-16-18-20-22-24-26-28-30-31-33-35-37-39-41-43-45-47-49-51-53-55-62(65)71-60(59-70-72(66,67)69-57-56-63(3,4)5)58-68-61(64)54-52-50-48-46-44-42-40-38-36-34-32-29-27-25-23-21-19-17-15-13-11-9-7-2/h8-11,14-17,20-23,26-29,31,33-34,36-37,39,60H,6-7,12-13,18-19,24-25,30,32,35,38,40-59H2,1-5H3/b10-8-,11-9-,16-14-,17-15-,22-20-,23-21-,28-26-,29-27-,33-31-,36-34-,39-37-. The van der Waals surface area contributed by atoms with Gasteiger partial charge in [-0.3, -0.25) is 14.2 Å². The molecule has 0 heterocycles. The molecule has 0 aliphatic carbocycles. The number of phosphoric ester groups is 1. The number of unbranched alkanes of at least 4 members (excludes halogenated alkanes) is 13. The predicted octanol–water partition coefficient (Wildman–Crippen LogP) is 16.7. The molecule has 0 spiro atoms. The van der Waals surface area contributed by atoms with E-state index in [4.69, 9.17) is 18.5 Å². The third-order valence-electron chi connectivity index (χ3n) is 11.2. The zero-order valence-electron chi connectivity index (χ0n) is 46.1. The summed E-state index contributed by atoms with van der Waals surface area (Å²) >= 11 is 0. The lowest BCUT2D eigenvalue weighted by molar-refractivity contribution is -0.870. The van der Waals surface area contributed by atoms with Crippen molar-refractivity contribution in [1.82, 2.24) is 0 Å². The Morgan fingerprint density at radius 1 is 0.431 bits per heavy atom. The molecule has 0 aromatic heterocycles. The summed E-state index contributed by atoms with van der Waals surface area (Å²) in [5, 5.41) is 0. The first-order valence-electron chi connectivity index (χ1n) is 27.9. The second kappa shape index (κ2) is 52.0. The van der Waals surface area contributed by atoms with Gasteiger partial charge in [0.15, 0.2) is 6.10 Å². The molecule has 0 rings (SSSR count). The molecule has 0 aromatic rings. The lowest BCUT2D eigenvalue weighted by atomic mass is 10.1. The maximum atomic E-state index is 12.8. The van der Waals surface area contributed by atoms with Crippen LogP contribution in [-0.4, -0.2) is 70.0 Å². The molecule has 0 fully saturated rings. The quantitative estimate of drug-likeness (QED) is 0.0195. The van der Waals surface area contributed by atoms with E-state index in [-0.39, 0.29) is 26.1 Å². The minimum atomic E-state index is -4.65. The fraction of sp³-hybridized carbons (Fsp3) is 0.613. The summed E-state index contributed by atoms with van der Waals surface area (Å²) < 4.78 is 34.1. The lowest BCUT2D eigenvalue weighted by Gasteiger charge is -2.28. The molecule has 0 radical (unpaired) electrons. The number of hydrogen-bond donors (Lipinski definition) is 0. The van der Waals surface area contributed by atoms with E-state index in [1.807, 2.05) is 21.1 Å². The predicted molar refractivity (Wildman–Crippen MR) is 304 cm³/mol. The number of nitrogens with zero attached hydrogens (tertiary/aromatic N) is 1. The largest absolute Gasteiger partial charge is 0.756 e. The van der Waals surface area contributed by atoms with Crippen molar-refractivity contribution >= 4 is 19.8 Å². The first-order chi connectivity index (χ1) is 35.0. The molecule has 2 atom stereocenters. The molecule has 0 saturated carbocycles. The van der Waals surface area contributed by atoms with Gasteiger partial charge in [-0.1, -0.05) is 205 Å². The number of phosphoric acid groups is 1. The van der Waals surface area contributed by atoms with Gasteiger partial charge in [0.2, 0.25) is 0 Å². The van der Waals surface area contributed by atoms with Gasteiger partial charge < -0.3 is 27.9 Å². The molecule has 0 aliphatic heterocycles. The Labute approximate surface area is 441 Å². The van der Waals surface area contributed by atoms with Crippen molar-refractivity contribution in [3.8, 4) is 0 Å². The summed E-state index contributed by atoms with van der Waals surface area (Å²) in [5.41, 5.74) is 0. The minimum absolute atomic E-state index is 0.0443. The number of esters is 2. The highest BCUT2D eigenvalue weighted by molar-refractivity contribution is 7.45. The Kier molecular flexibility index (Phi) is 49.2. The molecule has 0 saturated heterocycles. The summed E-state index contributed by atoms with van der Waals surface area (Å²) in [6.45, 7) is 3.96. The molecule has 408 valence electrons. The number of likely N-dealkylation sites (N-methyl/N-ethyl adjacent to an activating group) is 1.